The first-order chi connectivity index (χ1) is 9.24. The molecule has 3 aliphatic rings. The molecule has 1 spiro atoms. The van der Waals surface area contributed by atoms with E-state index in [0.29, 0.717) is 11.0 Å². The topological polar surface area (TPSA) is 21.3 Å². The third kappa shape index (κ3) is 2.35. The highest BCUT2D eigenvalue weighted by molar-refractivity contribution is 5.02. The van der Waals surface area contributed by atoms with E-state index in [0.717, 1.165) is 18.6 Å². The van der Waals surface area contributed by atoms with Crippen molar-refractivity contribution in [1.82, 2.24) is 5.32 Å². The minimum atomic E-state index is 0.297. The molecule has 3 fully saturated rings. The van der Waals surface area contributed by atoms with Gasteiger partial charge in [0.25, 0.3) is 0 Å². The SMILES string of the molecule is CCC1(C(NC)C2CCOC3(CCC3)C2)CCCC1. The highest BCUT2D eigenvalue weighted by Crippen LogP contribution is 2.51. The second-order valence-electron chi connectivity index (χ2n) is 7.33. The first-order valence-electron chi connectivity index (χ1n) is 8.55. The standard InChI is InChI=1S/C17H31NO/c1-3-16(8-4-5-9-16)15(18-2)14-7-12-19-17(13-14)10-6-11-17/h14-15,18H,3-13H2,1-2H3. The molecule has 0 radical (unpaired) electrons. The van der Waals surface area contributed by atoms with Gasteiger partial charge in [-0.1, -0.05) is 19.8 Å². The summed E-state index contributed by atoms with van der Waals surface area (Å²) in [6, 6.07) is 0.723. The number of hydrogen-bond acceptors (Lipinski definition) is 2. The third-order valence-electron chi connectivity index (χ3n) is 6.54. The molecule has 1 N–H and O–H groups in total. The predicted molar refractivity (Wildman–Crippen MR) is 79.3 cm³/mol. The Morgan fingerprint density at radius 1 is 1.16 bits per heavy atom. The molecule has 2 nitrogen and oxygen atoms in total. The number of nitrogens with one attached hydrogen (secondary N) is 1. The van der Waals surface area contributed by atoms with Crippen LogP contribution in [-0.2, 0) is 4.74 Å². The normalized spacial score (nSPS) is 34.1. The summed E-state index contributed by atoms with van der Waals surface area (Å²) in [5.74, 6) is 0.845. The highest BCUT2D eigenvalue weighted by atomic mass is 16.5. The van der Waals surface area contributed by atoms with Crippen molar-refractivity contribution in [3.8, 4) is 0 Å². The van der Waals surface area contributed by atoms with Gasteiger partial charge in [-0.25, -0.2) is 0 Å². The van der Waals surface area contributed by atoms with Crippen LogP contribution in [0.1, 0.15) is 71.1 Å². The van der Waals surface area contributed by atoms with Crippen molar-refractivity contribution in [2.24, 2.45) is 11.3 Å². The molecule has 2 unspecified atom stereocenters. The Morgan fingerprint density at radius 2 is 1.89 bits per heavy atom. The average Bonchev–Trinajstić information content (AvgIpc) is 2.88. The van der Waals surface area contributed by atoms with Gasteiger partial charge in [-0.05, 0) is 69.7 Å². The minimum absolute atomic E-state index is 0.297. The van der Waals surface area contributed by atoms with Crippen LogP contribution in [0.25, 0.3) is 0 Å². The lowest BCUT2D eigenvalue weighted by atomic mass is 9.64. The van der Waals surface area contributed by atoms with Gasteiger partial charge >= 0.3 is 0 Å². The molecule has 1 heterocycles. The van der Waals surface area contributed by atoms with Crippen molar-refractivity contribution in [3.05, 3.63) is 0 Å². The van der Waals surface area contributed by atoms with Crippen LogP contribution in [0.5, 0.6) is 0 Å². The van der Waals surface area contributed by atoms with Gasteiger partial charge in [0.05, 0.1) is 5.60 Å². The van der Waals surface area contributed by atoms with Crippen molar-refractivity contribution in [2.75, 3.05) is 13.7 Å². The summed E-state index contributed by atoms with van der Waals surface area (Å²) in [5.41, 5.74) is 0.882. The summed E-state index contributed by atoms with van der Waals surface area (Å²) < 4.78 is 6.13. The molecule has 2 heteroatoms. The van der Waals surface area contributed by atoms with Gasteiger partial charge in [0.15, 0.2) is 0 Å². The molecule has 2 atom stereocenters. The molecule has 0 aromatic rings. The zero-order valence-electron chi connectivity index (χ0n) is 12.8. The van der Waals surface area contributed by atoms with Crippen molar-refractivity contribution >= 4 is 0 Å². The van der Waals surface area contributed by atoms with E-state index in [2.05, 4.69) is 19.3 Å². The maximum absolute atomic E-state index is 6.13. The van der Waals surface area contributed by atoms with Gasteiger partial charge < -0.3 is 10.1 Å². The van der Waals surface area contributed by atoms with Crippen LogP contribution in [0, 0.1) is 11.3 Å². The van der Waals surface area contributed by atoms with Gasteiger partial charge in [-0.2, -0.15) is 0 Å². The Hall–Kier alpha value is -0.0800. The number of hydrogen-bond donors (Lipinski definition) is 1. The molecule has 110 valence electrons. The van der Waals surface area contributed by atoms with Gasteiger partial charge in [-0.15, -0.1) is 0 Å². The Balaban J connectivity index is 1.74. The van der Waals surface area contributed by atoms with Crippen molar-refractivity contribution in [2.45, 2.75) is 82.8 Å². The molecule has 2 saturated carbocycles. The van der Waals surface area contributed by atoms with Crippen molar-refractivity contribution in [3.63, 3.8) is 0 Å². The zero-order valence-corrected chi connectivity index (χ0v) is 12.8. The molecule has 0 aromatic carbocycles. The summed E-state index contributed by atoms with van der Waals surface area (Å²) in [5, 5.41) is 3.74. The summed E-state index contributed by atoms with van der Waals surface area (Å²) >= 11 is 0. The van der Waals surface area contributed by atoms with Crippen LogP contribution >= 0.6 is 0 Å². The Morgan fingerprint density at radius 3 is 2.42 bits per heavy atom. The second-order valence-corrected chi connectivity index (χ2v) is 7.33. The van der Waals surface area contributed by atoms with E-state index in [4.69, 9.17) is 4.74 Å². The summed E-state index contributed by atoms with van der Waals surface area (Å²) in [4.78, 5) is 0. The van der Waals surface area contributed by atoms with E-state index in [1.54, 1.807) is 0 Å². The lowest BCUT2D eigenvalue weighted by molar-refractivity contribution is -0.152. The summed E-state index contributed by atoms with van der Waals surface area (Å²) in [7, 11) is 2.20. The van der Waals surface area contributed by atoms with Gasteiger partial charge in [0, 0.05) is 12.6 Å². The van der Waals surface area contributed by atoms with Crippen LogP contribution in [0.15, 0.2) is 0 Å². The molecule has 19 heavy (non-hydrogen) atoms. The molecular formula is C17H31NO. The Labute approximate surface area is 118 Å². The molecule has 1 saturated heterocycles. The minimum Gasteiger partial charge on any atom is -0.375 e. The van der Waals surface area contributed by atoms with E-state index in [1.165, 1.54) is 64.2 Å². The molecule has 3 rings (SSSR count). The van der Waals surface area contributed by atoms with Gasteiger partial charge in [0.1, 0.15) is 0 Å². The summed E-state index contributed by atoms with van der Waals surface area (Å²) in [6.07, 6.45) is 13.7. The Bertz CT molecular complexity index is 304. The number of ether oxygens (including phenoxy) is 1. The quantitative estimate of drug-likeness (QED) is 0.832. The fourth-order valence-corrected chi connectivity index (χ4v) is 5.28. The van der Waals surface area contributed by atoms with Crippen LogP contribution < -0.4 is 5.32 Å². The van der Waals surface area contributed by atoms with Gasteiger partial charge in [0.2, 0.25) is 0 Å². The van der Waals surface area contributed by atoms with E-state index >= 15 is 0 Å². The lowest BCUT2D eigenvalue weighted by Gasteiger charge is -2.51. The molecule has 1 aliphatic heterocycles. The number of rotatable bonds is 4. The predicted octanol–water partition coefficient (Wildman–Crippen LogP) is 3.89. The van der Waals surface area contributed by atoms with E-state index in [9.17, 15) is 0 Å². The fraction of sp³-hybridized carbons (Fsp3) is 1.00. The third-order valence-corrected chi connectivity index (χ3v) is 6.54. The molecular weight excluding hydrogens is 234 g/mol. The lowest BCUT2D eigenvalue weighted by Crippen LogP contribution is -2.54. The van der Waals surface area contributed by atoms with Crippen LogP contribution in [0.3, 0.4) is 0 Å². The van der Waals surface area contributed by atoms with Crippen LogP contribution in [0.4, 0.5) is 0 Å². The van der Waals surface area contributed by atoms with Crippen molar-refractivity contribution < 1.29 is 4.74 Å². The van der Waals surface area contributed by atoms with Crippen LogP contribution in [0.2, 0.25) is 0 Å². The zero-order chi connectivity index (χ0) is 13.3. The Kier molecular flexibility index (Phi) is 3.92. The molecule has 2 aliphatic carbocycles. The van der Waals surface area contributed by atoms with Gasteiger partial charge in [-0.3, -0.25) is 0 Å². The maximum Gasteiger partial charge on any atom is 0.0685 e. The second kappa shape index (κ2) is 5.37. The summed E-state index contributed by atoms with van der Waals surface area (Å²) in [6.45, 7) is 3.41. The van der Waals surface area contributed by atoms with E-state index < -0.39 is 0 Å². The van der Waals surface area contributed by atoms with E-state index in [-0.39, 0.29) is 0 Å². The molecule has 0 aromatic heterocycles. The smallest absolute Gasteiger partial charge is 0.0685 e. The van der Waals surface area contributed by atoms with Crippen LogP contribution in [-0.4, -0.2) is 25.3 Å². The van der Waals surface area contributed by atoms with Crippen molar-refractivity contribution in [1.29, 1.82) is 0 Å². The molecule has 0 amide bonds. The first-order valence-corrected chi connectivity index (χ1v) is 8.55. The van der Waals surface area contributed by atoms with E-state index in [1.807, 2.05) is 0 Å². The average molecular weight is 265 g/mol. The fourth-order valence-electron chi connectivity index (χ4n) is 5.28. The maximum atomic E-state index is 6.13. The molecule has 0 bridgehead atoms. The largest absolute Gasteiger partial charge is 0.375 e. The monoisotopic (exact) mass is 265 g/mol. The first kappa shape index (κ1) is 13.9. The highest BCUT2D eigenvalue weighted by Gasteiger charge is 2.49.